The van der Waals surface area contributed by atoms with E-state index in [2.05, 4.69) is 25.1 Å². The molecule has 2 rings (SSSR count). The molecule has 1 aromatic carbocycles. The van der Waals surface area contributed by atoms with Crippen molar-refractivity contribution < 1.29 is 4.79 Å². The zero-order valence-corrected chi connectivity index (χ0v) is 12.5. The highest BCUT2D eigenvalue weighted by molar-refractivity contribution is 5.94. The van der Waals surface area contributed by atoms with Crippen LogP contribution >= 0.6 is 0 Å². The second kappa shape index (κ2) is 7.44. The average molecular weight is 274 g/mol. The number of amides is 1. The van der Waals surface area contributed by atoms with Crippen LogP contribution in [0.2, 0.25) is 0 Å². The van der Waals surface area contributed by atoms with Gasteiger partial charge in [-0.25, -0.2) is 0 Å². The Labute approximate surface area is 122 Å². The number of nitrogens with zero attached hydrogens (tertiary/aromatic N) is 1. The smallest absolute Gasteiger partial charge is 0.226 e. The van der Waals surface area contributed by atoms with Gasteiger partial charge < -0.3 is 10.6 Å². The first-order valence-electron chi connectivity index (χ1n) is 7.82. The lowest BCUT2D eigenvalue weighted by Gasteiger charge is -2.30. The summed E-state index contributed by atoms with van der Waals surface area (Å²) in [5, 5.41) is 0. The van der Waals surface area contributed by atoms with Crippen LogP contribution in [0.5, 0.6) is 0 Å². The Morgan fingerprint density at radius 3 is 2.85 bits per heavy atom. The molecule has 0 atom stereocenters. The van der Waals surface area contributed by atoms with Gasteiger partial charge in [0.2, 0.25) is 5.91 Å². The molecule has 0 radical (unpaired) electrons. The summed E-state index contributed by atoms with van der Waals surface area (Å²) in [7, 11) is 0. The first-order valence-corrected chi connectivity index (χ1v) is 7.82. The zero-order valence-electron chi connectivity index (χ0n) is 12.5. The Kier molecular flexibility index (Phi) is 5.60. The zero-order chi connectivity index (χ0) is 14.4. The van der Waals surface area contributed by atoms with Crippen LogP contribution in [0.15, 0.2) is 18.2 Å². The number of aryl methyl sites for hydroxylation is 2. The maximum Gasteiger partial charge on any atom is 0.226 e. The molecule has 3 heteroatoms. The fourth-order valence-electron chi connectivity index (χ4n) is 2.85. The van der Waals surface area contributed by atoms with Gasteiger partial charge in [-0.1, -0.05) is 25.0 Å². The minimum absolute atomic E-state index is 0.282. The number of benzene rings is 1. The van der Waals surface area contributed by atoms with Crippen molar-refractivity contribution in [3.05, 3.63) is 29.3 Å². The maximum absolute atomic E-state index is 12.4. The third-order valence-corrected chi connectivity index (χ3v) is 4.01. The molecule has 110 valence electrons. The molecule has 0 aromatic heterocycles. The molecule has 2 N–H and O–H groups in total. The number of rotatable bonds is 6. The van der Waals surface area contributed by atoms with Gasteiger partial charge in [0.05, 0.1) is 0 Å². The van der Waals surface area contributed by atoms with E-state index in [-0.39, 0.29) is 5.91 Å². The molecule has 3 nitrogen and oxygen atoms in total. The van der Waals surface area contributed by atoms with Crippen LogP contribution in [0.25, 0.3) is 0 Å². The van der Waals surface area contributed by atoms with Gasteiger partial charge in [-0.2, -0.15) is 0 Å². The van der Waals surface area contributed by atoms with Crippen molar-refractivity contribution >= 4 is 11.6 Å². The molecule has 1 aliphatic heterocycles. The fraction of sp³-hybridized carbons (Fsp3) is 0.588. The van der Waals surface area contributed by atoms with Gasteiger partial charge in [0.25, 0.3) is 0 Å². The first kappa shape index (κ1) is 15.0. The molecule has 0 unspecified atom stereocenters. The lowest BCUT2D eigenvalue weighted by Crippen LogP contribution is -2.35. The van der Waals surface area contributed by atoms with Crippen LogP contribution in [-0.4, -0.2) is 19.0 Å². The molecule has 20 heavy (non-hydrogen) atoms. The summed E-state index contributed by atoms with van der Waals surface area (Å²) in [6, 6.07) is 6.46. The number of anilines is 1. The van der Waals surface area contributed by atoms with E-state index in [1.54, 1.807) is 0 Å². The normalized spacial score (nSPS) is 14.2. The van der Waals surface area contributed by atoms with E-state index in [9.17, 15) is 4.79 Å². The summed E-state index contributed by atoms with van der Waals surface area (Å²) in [6.45, 7) is 3.72. The van der Waals surface area contributed by atoms with Crippen LogP contribution in [0.4, 0.5) is 5.69 Å². The number of hydrogen-bond acceptors (Lipinski definition) is 2. The molecule has 1 heterocycles. The topological polar surface area (TPSA) is 46.3 Å². The van der Waals surface area contributed by atoms with Gasteiger partial charge in [-0.15, -0.1) is 0 Å². The van der Waals surface area contributed by atoms with E-state index in [0.717, 1.165) is 57.3 Å². The van der Waals surface area contributed by atoms with Crippen LogP contribution in [-0.2, 0) is 11.2 Å². The molecule has 0 fully saturated rings. The Hall–Kier alpha value is -1.35. The number of hydrogen-bond donors (Lipinski definition) is 1. The highest BCUT2D eigenvalue weighted by atomic mass is 16.2. The molecular weight excluding hydrogens is 248 g/mol. The van der Waals surface area contributed by atoms with Crippen LogP contribution in [0.1, 0.15) is 49.7 Å². The Morgan fingerprint density at radius 2 is 2.05 bits per heavy atom. The van der Waals surface area contributed by atoms with Crippen molar-refractivity contribution in [3.63, 3.8) is 0 Å². The third-order valence-electron chi connectivity index (χ3n) is 4.01. The van der Waals surface area contributed by atoms with Crippen LogP contribution in [0.3, 0.4) is 0 Å². The van der Waals surface area contributed by atoms with E-state index in [4.69, 9.17) is 5.73 Å². The van der Waals surface area contributed by atoms with E-state index in [0.29, 0.717) is 6.42 Å². The summed E-state index contributed by atoms with van der Waals surface area (Å²) in [5.41, 5.74) is 9.17. The van der Waals surface area contributed by atoms with Gasteiger partial charge in [0.1, 0.15) is 0 Å². The molecule has 1 amide bonds. The van der Waals surface area contributed by atoms with Gasteiger partial charge in [-0.3, -0.25) is 4.79 Å². The van der Waals surface area contributed by atoms with Crippen molar-refractivity contribution in [2.45, 2.75) is 51.9 Å². The Bertz CT molecular complexity index is 456. The van der Waals surface area contributed by atoms with Gasteiger partial charge >= 0.3 is 0 Å². The molecule has 0 saturated carbocycles. The first-order chi connectivity index (χ1) is 9.72. The summed E-state index contributed by atoms with van der Waals surface area (Å²) in [6.07, 6.45) is 7.14. The van der Waals surface area contributed by atoms with Crippen molar-refractivity contribution in [2.75, 3.05) is 18.0 Å². The number of carbonyl (C=O) groups is 1. The summed E-state index contributed by atoms with van der Waals surface area (Å²) in [5.74, 6) is 0.282. The molecule has 1 aliphatic rings. The molecule has 0 saturated heterocycles. The van der Waals surface area contributed by atoms with Crippen molar-refractivity contribution in [2.24, 2.45) is 5.73 Å². The van der Waals surface area contributed by atoms with E-state index >= 15 is 0 Å². The predicted molar refractivity (Wildman–Crippen MR) is 84.0 cm³/mol. The van der Waals surface area contributed by atoms with Gasteiger partial charge in [-0.05, 0) is 56.3 Å². The summed E-state index contributed by atoms with van der Waals surface area (Å²) in [4.78, 5) is 14.4. The molecule has 0 aliphatic carbocycles. The maximum atomic E-state index is 12.4. The number of unbranched alkanes of at least 4 members (excludes halogenated alkanes) is 3. The molecule has 0 bridgehead atoms. The second-order valence-electron chi connectivity index (χ2n) is 5.73. The van der Waals surface area contributed by atoms with Crippen LogP contribution < -0.4 is 10.6 Å². The average Bonchev–Trinajstić information content (AvgIpc) is 2.46. The van der Waals surface area contributed by atoms with Crippen molar-refractivity contribution in [1.29, 1.82) is 0 Å². The van der Waals surface area contributed by atoms with Crippen molar-refractivity contribution in [1.82, 2.24) is 0 Å². The quantitative estimate of drug-likeness (QED) is 0.810. The summed E-state index contributed by atoms with van der Waals surface area (Å²) >= 11 is 0. The Morgan fingerprint density at radius 1 is 1.25 bits per heavy atom. The van der Waals surface area contributed by atoms with E-state index in [1.165, 1.54) is 11.1 Å². The molecule has 0 spiro atoms. The van der Waals surface area contributed by atoms with Gasteiger partial charge in [0.15, 0.2) is 0 Å². The standard InChI is InChI=1S/C17H26N2O/c1-14-9-10-15-7-6-12-19(16(15)13-14)17(20)8-4-2-3-5-11-18/h9-10,13H,2-8,11-12,18H2,1H3. The van der Waals surface area contributed by atoms with Crippen LogP contribution in [0, 0.1) is 6.92 Å². The SMILES string of the molecule is Cc1ccc2c(c1)N(C(=O)CCCCCCN)CCC2. The number of carbonyl (C=O) groups excluding carboxylic acids is 1. The lowest BCUT2D eigenvalue weighted by molar-refractivity contribution is -0.118. The van der Waals surface area contributed by atoms with Gasteiger partial charge in [0, 0.05) is 18.7 Å². The Balaban J connectivity index is 1.93. The largest absolute Gasteiger partial charge is 0.330 e. The fourth-order valence-corrected chi connectivity index (χ4v) is 2.85. The molecule has 1 aromatic rings. The second-order valence-corrected chi connectivity index (χ2v) is 5.73. The lowest BCUT2D eigenvalue weighted by atomic mass is 9.99. The van der Waals surface area contributed by atoms with E-state index in [1.807, 2.05) is 4.90 Å². The number of nitrogens with two attached hydrogens (primary N) is 1. The number of fused-ring (bicyclic) bond motifs is 1. The minimum Gasteiger partial charge on any atom is -0.330 e. The highest BCUT2D eigenvalue weighted by Gasteiger charge is 2.21. The predicted octanol–water partition coefficient (Wildman–Crippen LogP) is 3.18. The van der Waals surface area contributed by atoms with Crippen molar-refractivity contribution in [3.8, 4) is 0 Å². The third kappa shape index (κ3) is 3.83. The minimum atomic E-state index is 0.282. The summed E-state index contributed by atoms with van der Waals surface area (Å²) < 4.78 is 0. The molecular formula is C17H26N2O. The van der Waals surface area contributed by atoms with E-state index < -0.39 is 0 Å². The monoisotopic (exact) mass is 274 g/mol. The highest BCUT2D eigenvalue weighted by Crippen LogP contribution is 2.28.